The van der Waals surface area contributed by atoms with Crippen LogP contribution in [0.5, 0.6) is 11.5 Å². The SMILES string of the molecule is CC(=O)Nc1ccc(Oc2ccc(-n3ncc(=O)[nH]c3=O)cc2C)cc1. The molecular weight excluding hydrogens is 336 g/mol. The van der Waals surface area contributed by atoms with E-state index in [4.69, 9.17) is 4.74 Å². The number of rotatable bonds is 4. The second-order valence-corrected chi connectivity index (χ2v) is 5.61. The van der Waals surface area contributed by atoms with Crippen molar-refractivity contribution in [3.05, 3.63) is 75.1 Å². The van der Waals surface area contributed by atoms with Gasteiger partial charge in [0.05, 0.1) is 5.69 Å². The molecule has 1 aromatic heterocycles. The van der Waals surface area contributed by atoms with Crippen LogP contribution in [0.4, 0.5) is 5.69 Å². The number of nitrogens with one attached hydrogen (secondary N) is 2. The number of aromatic nitrogens is 3. The van der Waals surface area contributed by atoms with Gasteiger partial charge in [0.2, 0.25) is 5.91 Å². The summed E-state index contributed by atoms with van der Waals surface area (Å²) in [5, 5.41) is 6.50. The monoisotopic (exact) mass is 352 g/mol. The third kappa shape index (κ3) is 3.86. The molecule has 132 valence electrons. The number of benzene rings is 2. The highest BCUT2D eigenvalue weighted by molar-refractivity contribution is 5.88. The number of carbonyl (C=O) groups excluding carboxylic acids is 1. The van der Waals surface area contributed by atoms with Crippen LogP contribution < -0.4 is 21.3 Å². The summed E-state index contributed by atoms with van der Waals surface area (Å²) in [5.74, 6) is 1.07. The van der Waals surface area contributed by atoms with Crippen molar-refractivity contribution in [3.8, 4) is 17.2 Å². The van der Waals surface area contributed by atoms with Crippen LogP contribution in [0.3, 0.4) is 0 Å². The van der Waals surface area contributed by atoms with Gasteiger partial charge in [-0.3, -0.25) is 14.6 Å². The van der Waals surface area contributed by atoms with E-state index in [0.29, 0.717) is 22.9 Å². The summed E-state index contributed by atoms with van der Waals surface area (Å²) in [6.45, 7) is 3.28. The van der Waals surface area contributed by atoms with Crippen molar-refractivity contribution >= 4 is 11.6 Å². The van der Waals surface area contributed by atoms with Gasteiger partial charge in [-0.1, -0.05) is 0 Å². The summed E-state index contributed by atoms with van der Waals surface area (Å²) < 4.78 is 6.93. The van der Waals surface area contributed by atoms with Crippen molar-refractivity contribution in [2.75, 3.05) is 5.32 Å². The maximum Gasteiger partial charge on any atom is 0.349 e. The smallest absolute Gasteiger partial charge is 0.349 e. The van der Waals surface area contributed by atoms with E-state index in [9.17, 15) is 14.4 Å². The number of anilines is 1. The van der Waals surface area contributed by atoms with Gasteiger partial charge in [0.1, 0.15) is 17.7 Å². The number of aryl methyl sites for hydroxylation is 1. The van der Waals surface area contributed by atoms with Crippen LogP contribution in [0.1, 0.15) is 12.5 Å². The van der Waals surface area contributed by atoms with Gasteiger partial charge in [-0.05, 0) is 55.0 Å². The molecule has 3 rings (SSSR count). The number of hydrogen-bond acceptors (Lipinski definition) is 5. The molecule has 2 N–H and O–H groups in total. The minimum Gasteiger partial charge on any atom is -0.457 e. The lowest BCUT2D eigenvalue weighted by Gasteiger charge is -2.11. The first-order chi connectivity index (χ1) is 12.4. The fourth-order valence-electron chi connectivity index (χ4n) is 2.35. The molecule has 8 nitrogen and oxygen atoms in total. The van der Waals surface area contributed by atoms with Crippen LogP contribution in [0.25, 0.3) is 5.69 Å². The molecule has 3 aromatic rings. The van der Waals surface area contributed by atoms with Crippen molar-refractivity contribution in [2.45, 2.75) is 13.8 Å². The summed E-state index contributed by atoms with van der Waals surface area (Å²) in [5.41, 5.74) is 0.815. The van der Waals surface area contributed by atoms with Crippen LogP contribution in [0.2, 0.25) is 0 Å². The molecule has 0 saturated heterocycles. The van der Waals surface area contributed by atoms with Gasteiger partial charge in [-0.25, -0.2) is 4.79 Å². The quantitative estimate of drug-likeness (QED) is 0.747. The van der Waals surface area contributed by atoms with E-state index in [0.717, 1.165) is 16.4 Å². The third-order valence-corrected chi connectivity index (χ3v) is 3.52. The van der Waals surface area contributed by atoms with Crippen LogP contribution in [-0.4, -0.2) is 20.7 Å². The maximum absolute atomic E-state index is 11.8. The summed E-state index contributed by atoms with van der Waals surface area (Å²) in [4.78, 5) is 36.1. The predicted molar refractivity (Wildman–Crippen MR) is 96.0 cm³/mol. The zero-order chi connectivity index (χ0) is 18.7. The number of amides is 1. The minimum absolute atomic E-state index is 0.142. The number of H-pyrrole nitrogens is 1. The van der Waals surface area contributed by atoms with Gasteiger partial charge in [0.25, 0.3) is 5.56 Å². The number of aromatic amines is 1. The topological polar surface area (TPSA) is 106 Å². The van der Waals surface area contributed by atoms with Crippen molar-refractivity contribution in [2.24, 2.45) is 0 Å². The second kappa shape index (κ2) is 7.06. The Morgan fingerprint density at radius 2 is 1.88 bits per heavy atom. The maximum atomic E-state index is 11.8. The first-order valence-electron chi connectivity index (χ1n) is 7.77. The largest absolute Gasteiger partial charge is 0.457 e. The molecule has 26 heavy (non-hydrogen) atoms. The van der Waals surface area contributed by atoms with Gasteiger partial charge in [-0.15, -0.1) is 0 Å². The van der Waals surface area contributed by atoms with E-state index in [1.54, 1.807) is 42.5 Å². The van der Waals surface area contributed by atoms with E-state index in [1.807, 2.05) is 6.92 Å². The molecule has 2 aromatic carbocycles. The van der Waals surface area contributed by atoms with Crippen LogP contribution in [0.15, 0.2) is 58.3 Å². The molecule has 0 unspecified atom stereocenters. The highest BCUT2D eigenvalue weighted by Gasteiger charge is 2.07. The Hall–Kier alpha value is -3.68. The molecular formula is C18H16N4O4. The lowest BCUT2D eigenvalue weighted by atomic mass is 10.2. The fraction of sp³-hybridized carbons (Fsp3) is 0.111. The zero-order valence-electron chi connectivity index (χ0n) is 14.1. The Bertz CT molecular complexity index is 1070. The molecule has 0 aliphatic rings. The number of ether oxygens (including phenoxy) is 1. The molecule has 0 atom stereocenters. The van der Waals surface area contributed by atoms with Crippen molar-refractivity contribution in [3.63, 3.8) is 0 Å². The van der Waals surface area contributed by atoms with Crippen molar-refractivity contribution < 1.29 is 9.53 Å². The Kier molecular flexibility index (Phi) is 4.66. The van der Waals surface area contributed by atoms with E-state index in [1.165, 1.54) is 6.92 Å². The normalized spacial score (nSPS) is 10.4. The first-order valence-corrected chi connectivity index (χ1v) is 7.77. The summed E-state index contributed by atoms with van der Waals surface area (Å²) in [6.07, 6.45) is 1.04. The highest BCUT2D eigenvalue weighted by atomic mass is 16.5. The third-order valence-electron chi connectivity index (χ3n) is 3.52. The minimum atomic E-state index is -0.612. The fourth-order valence-corrected chi connectivity index (χ4v) is 2.35. The molecule has 0 fully saturated rings. The van der Waals surface area contributed by atoms with Gasteiger partial charge >= 0.3 is 5.69 Å². The molecule has 1 amide bonds. The molecule has 0 aliphatic heterocycles. The van der Waals surface area contributed by atoms with Gasteiger partial charge < -0.3 is 10.1 Å². The lowest BCUT2D eigenvalue weighted by molar-refractivity contribution is -0.114. The molecule has 8 heteroatoms. The summed E-state index contributed by atoms with van der Waals surface area (Å²) in [6, 6.07) is 12.1. The van der Waals surface area contributed by atoms with Crippen LogP contribution >= 0.6 is 0 Å². The molecule has 0 aliphatic carbocycles. The summed E-state index contributed by atoms with van der Waals surface area (Å²) >= 11 is 0. The van der Waals surface area contributed by atoms with Gasteiger partial charge in [0, 0.05) is 12.6 Å². The standard InChI is InChI=1S/C18H16N4O4/c1-11-9-14(22-18(25)21-17(24)10-19-22)5-8-16(11)26-15-6-3-13(4-7-15)20-12(2)23/h3-10H,1-2H3,(H,20,23)(H,21,24,25). The first kappa shape index (κ1) is 17.2. The van der Waals surface area contributed by atoms with Crippen molar-refractivity contribution in [1.82, 2.24) is 14.8 Å². The van der Waals surface area contributed by atoms with E-state index < -0.39 is 11.2 Å². The molecule has 0 saturated carbocycles. The molecule has 0 bridgehead atoms. The number of carbonyl (C=O) groups is 1. The second-order valence-electron chi connectivity index (χ2n) is 5.61. The number of hydrogen-bond donors (Lipinski definition) is 2. The van der Waals surface area contributed by atoms with E-state index in [2.05, 4.69) is 15.4 Å². The van der Waals surface area contributed by atoms with Gasteiger partial charge in [-0.2, -0.15) is 9.78 Å². The van der Waals surface area contributed by atoms with Crippen LogP contribution in [-0.2, 0) is 4.79 Å². The Morgan fingerprint density at radius 3 is 2.50 bits per heavy atom. The highest BCUT2D eigenvalue weighted by Crippen LogP contribution is 2.27. The summed E-state index contributed by atoms with van der Waals surface area (Å²) in [7, 11) is 0. The zero-order valence-corrected chi connectivity index (χ0v) is 14.1. The number of nitrogens with zero attached hydrogens (tertiary/aromatic N) is 2. The Morgan fingerprint density at radius 1 is 1.15 bits per heavy atom. The molecule has 0 radical (unpaired) electrons. The molecule has 0 spiro atoms. The Labute approximate surface area is 148 Å². The van der Waals surface area contributed by atoms with E-state index >= 15 is 0 Å². The van der Waals surface area contributed by atoms with Crippen molar-refractivity contribution in [1.29, 1.82) is 0 Å². The average molecular weight is 352 g/mol. The Balaban J connectivity index is 1.82. The van der Waals surface area contributed by atoms with E-state index in [-0.39, 0.29) is 5.91 Å². The van der Waals surface area contributed by atoms with Crippen LogP contribution in [0, 0.1) is 6.92 Å². The van der Waals surface area contributed by atoms with Gasteiger partial charge in [0.15, 0.2) is 0 Å². The lowest BCUT2D eigenvalue weighted by Crippen LogP contribution is -2.30. The molecule has 1 heterocycles. The predicted octanol–water partition coefficient (Wildman–Crippen LogP) is 1.98. The average Bonchev–Trinajstić information content (AvgIpc) is 2.58.